The van der Waals surface area contributed by atoms with Crippen LogP contribution in [0.15, 0.2) is 0 Å². The van der Waals surface area contributed by atoms with Crippen molar-refractivity contribution >= 4 is 0 Å². The Morgan fingerprint density at radius 2 is 1.93 bits per heavy atom. The van der Waals surface area contributed by atoms with Crippen LogP contribution in [-0.2, 0) is 4.74 Å². The van der Waals surface area contributed by atoms with Crippen molar-refractivity contribution in [2.75, 3.05) is 13.2 Å². The quantitative estimate of drug-likeness (QED) is 0.700. The number of nitrogens with two attached hydrogens (primary N) is 1. The van der Waals surface area contributed by atoms with E-state index >= 15 is 0 Å². The van der Waals surface area contributed by atoms with Gasteiger partial charge in [0, 0.05) is 18.8 Å². The second-order valence-electron chi connectivity index (χ2n) is 5.31. The fraction of sp³-hybridized carbons (Fsp3) is 1.00. The van der Waals surface area contributed by atoms with Crippen molar-refractivity contribution in [3.05, 3.63) is 0 Å². The molecule has 1 aliphatic heterocycles. The van der Waals surface area contributed by atoms with Crippen LogP contribution >= 0.6 is 0 Å². The summed E-state index contributed by atoms with van der Waals surface area (Å²) < 4.78 is 5.40. The van der Waals surface area contributed by atoms with Crippen LogP contribution in [0.25, 0.3) is 0 Å². The van der Waals surface area contributed by atoms with Crippen molar-refractivity contribution in [2.45, 2.75) is 51.0 Å². The average molecular weight is 197 g/mol. The van der Waals surface area contributed by atoms with Crippen LogP contribution in [0.1, 0.15) is 45.4 Å². The van der Waals surface area contributed by atoms with Crippen LogP contribution < -0.4 is 5.73 Å². The van der Waals surface area contributed by atoms with Gasteiger partial charge in [-0.1, -0.05) is 19.8 Å². The Bertz CT molecular complexity index is 187. The Labute approximate surface area is 87.2 Å². The Balaban J connectivity index is 1.97. The van der Waals surface area contributed by atoms with Crippen LogP contribution in [0.3, 0.4) is 0 Å². The van der Waals surface area contributed by atoms with E-state index in [4.69, 9.17) is 10.5 Å². The first-order chi connectivity index (χ1) is 6.71. The van der Waals surface area contributed by atoms with Gasteiger partial charge in [0.1, 0.15) is 0 Å². The zero-order valence-electron chi connectivity index (χ0n) is 9.30. The molecule has 1 saturated carbocycles. The van der Waals surface area contributed by atoms with Crippen LogP contribution in [-0.4, -0.2) is 18.8 Å². The third kappa shape index (κ3) is 2.12. The van der Waals surface area contributed by atoms with Gasteiger partial charge in [0.2, 0.25) is 0 Å². The summed E-state index contributed by atoms with van der Waals surface area (Å²) in [6.45, 7) is 4.12. The van der Waals surface area contributed by atoms with E-state index in [2.05, 4.69) is 6.92 Å². The molecule has 1 saturated heterocycles. The van der Waals surface area contributed by atoms with Gasteiger partial charge in [0.05, 0.1) is 0 Å². The van der Waals surface area contributed by atoms with Gasteiger partial charge in [0.15, 0.2) is 0 Å². The van der Waals surface area contributed by atoms with E-state index in [1.54, 1.807) is 0 Å². The average Bonchev–Trinajstić information content (AvgIpc) is 2.19. The lowest BCUT2D eigenvalue weighted by atomic mass is 9.69. The van der Waals surface area contributed by atoms with Gasteiger partial charge in [-0.3, -0.25) is 0 Å². The van der Waals surface area contributed by atoms with Gasteiger partial charge in [-0.05, 0) is 37.5 Å². The molecular weight excluding hydrogens is 174 g/mol. The maximum Gasteiger partial charge on any atom is 0.0483 e. The molecule has 0 amide bonds. The molecule has 2 fully saturated rings. The van der Waals surface area contributed by atoms with E-state index in [9.17, 15) is 0 Å². The number of ether oxygens (including phenoxy) is 1. The zero-order chi connectivity index (χ0) is 10.0. The molecule has 0 aromatic rings. The van der Waals surface area contributed by atoms with Gasteiger partial charge >= 0.3 is 0 Å². The highest BCUT2D eigenvalue weighted by atomic mass is 16.5. The molecule has 2 rings (SSSR count). The number of hydrogen-bond donors (Lipinski definition) is 1. The lowest BCUT2D eigenvalue weighted by molar-refractivity contribution is 0.0167. The topological polar surface area (TPSA) is 35.2 Å². The highest BCUT2D eigenvalue weighted by Gasteiger charge is 2.38. The molecule has 0 spiro atoms. The van der Waals surface area contributed by atoms with Crippen LogP contribution in [0.5, 0.6) is 0 Å². The summed E-state index contributed by atoms with van der Waals surface area (Å²) in [5, 5.41) is 0. The highest BCUT2D eigenvalue weighted by molar-refractivity contribution is 4.94. The molecule has 2 unspecified atom stereocenters. The minimum atomic E-state index is 0.104. The van der Waals surface area contributed by atoms with E-state index in [0.717, 1.165) is 37.9 Å². The molecule has 2 aliphatic rings. The maximum atomic E-state index is 6.52. The third-order valence-corrected chi connectivity index (χ3v) is 4.17. The summed E-state index contributed by atoms with van der Waals surface area (Å²) in [4.78, 5) is 0. The molecule has 0 bridgehead atoms. The van der Waals surface area contributed by atoms with Crippen LogP contribution in [0.4, 0.5) is 0 Å². The Hall–Kier alpha value is -0.0800. The third-order valence-electron chi connectivity index (χ3n) is 4.17. The highest BCUT2D eigenvalue weighted by Crippen LogP contribution is 2.38. The predicted molar refractivity (Wildman–Crippen MR) is 58.1 cm³/mol. The van der Waals surface area contributed by atoms with Gasteiger partial charge in [-0.2, -0.15) is 0 Å². The van der Waals surface area contributed by atoms with E-state index in [1.165, 1.54) is 25.7 Å². The molecule has 2 heteroatoms. The summed E-state index contributed by atoms with van der Waals surface area (Å²) in [5.41, 5.74) is 6.62. The monoisotopic (exact) mass is 197 g/mol. The first-order valence-electron chi connectivity index (χ1n) is 6.07. The smallest absolute Gasteiger partial charge is 0.0483 e. The maximum absolute atomic E-state index is 6.52. The lowest BCUT2D eigenvalue weighted by Gasteiger charge is -2.43. The predicted octanol–water partition coefficient (Wildman–Crippen LogP) is 2.32. The Morgan fingerprint density at radius 1 is 1.21 bits per heavy atom. The van der Waals surface area contributed by atoms with E-state index in [1.807, 2.05) is 0 Å². The van der Waals surface area contributed by atoms with Crippen molar-refractivity contribution in [2.24, 2.45) is 17.6 Å². The van der Waals surface area contributed by atoms with Gasteiger partial charge in [-0.15, -0.1) is 0 Å². The first-order valence-corrected chi connectivity index (χ1v) is 6.07. The Morgan fingerprint density at radius 3 is 2.57 bits per heavy atom. The summed E-state index contributed by atoms with van der Waals surface area (Å²) >= 11 is 0. The SMILES string of the molecule is CC1CCCC(C2(N)CCOCC2)C1. The van der Waals surface area contributed by atoms with E-state index < -0.39 is 0 Å². The van der Waals surface area contributed by atoms with E-state index in [0.29, 0.717) is 0 Å². The molecule has 0 radical (unpaired) electrons. The zero-order valence-corrected chi connectivity index (χ0v) is 9.30. The molecule has 1 heterocycles. The summed E-state index contributed by atoms with van der Waals surface area (Å²) in [6, 6.07) is 0. The van der Waals surface area contributed by atoms with Crippen LogP contribution in [0, 0.1) is 11.8 Å². The van der Waals surface area contributed by atoms with Crippen molar-refractivity contribution in [3.63, 3.8) is 0 Å². The van der Waals surface area contributed by atoms with Gasteiger partial charge < -0.3 is 10.5 Å². The number of rotatable bonds is 1. The molecule has 82 valence electrons. The fourth-order valence-corrected chi connectivity index (χ4v) is 3.12. The lowest BCUT2D eigenvalue weighted by Crippen LogP contribution is -2.52. The van der Waals surface area contributed by atoms with Gasteiger partial charge in [-0.25, -0.2) is 0 Å². The minimum absolute atomic E-state index is 0.104. The van der Waals surface area contributed by atoms with Gasteiger partial charge in [0.25, 0.3) is 0 Å². The summed E-state index contributed by atoms with van der Waals surface area (Å²) in [6.07, 6.45) is 7.63. The summed E-state index contributed by atoms with van der Waals surface area (Å²) in [7, 11) is 0. The molecule has 1 aliphatic carbocycles. The fourth-order valence-electron chi connectivity index (χ4n) is 3.12. The minimum Gasteiger partial charge on any atom is -0.381 e. The molecule has 14 heavy (non-hydrogen) atoms. The molecule has 2 atom stereocenters. The van der Waals surface area contributed by atoms with Crippen molar-refractivity contribution < 1.29 is 4.74 Å². The van der Waals surface area contributed by atoms with E-state index in [-0.39, 0.29) is 5.54 Å². The van der Waals surface area contributed by atoms with Crippen LogP contribution in [0.2, 0.25) is 0 Å². The first kappa shape index (κ1) is 10.4. The second-order valence-corrected chi connectivity index (χ2v) is 5.31. The largest absolute Gasteiger partial charge is 0.381 e. The second kappa shape index (κ2) is 4.19. The summed E-state index contributed by atoms with van der Waals surface area (Å²) in [5.74, 6) is 1.65. The number of hydrogen-bond acceptors (Lipinski definition) is 2. The molecule has 0 aromatic heterocycles. The molecule has 0 aromatic carbocycles. The standard InChI is InChI=1S/C12H23NO/c1-10-3-2-4-11(9-10)12(13)5-7-14-8-6-12/h10-11H,2-9,13H2,1H3. The van der Waals surface area contributed by atoms with Crippen molar-refractivity contribution in [1.29, 1.82) is 0 Å². The normalized spacial score (nSPS) is 38.1. The van der Waals surface area contributed by atoms with Crippen molar-refractivity contribution in [1.82, 2.24) is 0 Å². The van der Waals surface area contributed by atoms with Crippen molar-refractivity contribution in [3.8, 4) is 0 Å². The molecule has 2 N–H and O–H groups in total. The molecular formula is C12H23NO. The Kier molecular flexibility index (Phi) is 3.13. The molecule has 2 nitrogen and oxygen atoms in total.